The number of hydrogen-bond acceptors (Lipinski definition) is 4. The van der Waals surface area contributed by atoms with Gasteiger partial charge in [0, 0.05) is 5.39 Å². The second-order valence-electron chi connectivity index (χ2n) is 3.76. The number of amides is 1. The van der Waals surface area contributed by atoms with Crippen molar-refractivity contribution in [1.29, 1.82) is 5.26 Å². The summed E-state index contributed by atoms with van der Waals surface area (Å²) in [5.74, 6) is -1.54. The van der Waals surface area contributed by atoms with E-state index < -0.39 is 11.9 Å². The SMILES string of the molecule is N#CCNC(=O)Cn1nc(C(=O)O)c2ccccc21. The monoisotopic (exact) mass is 258 g/mol. The maximum Gasteiger partial charge on any atom is 0.357 e. The summed E-state index contributed by atoms with van der Waals surface area (Å²) in [6, 6.07) is 8.55. The Balaban J connectivity index is 2.36. The minimum Gasteiger partial charge on any atom is -0.476 e. The molecule has 0 aliphatic rings. The van der Waals surface area contributed by atoms with Crippen molar-refractivity contribution in [3.63, 3.8) is 0 Å². The van der Waals surface area contributed by atoms with Crippen LogP contribution in [0.2, 0.25) is 0 Å². The average molecular weight is 258 g/mol. The van der Waals surface area contributed by atoms with Crippen LogP contribution in [0.1, 0.15) is 10.5 Å². The van der Waals surface area contributed by atoms with E-state index in [2.05, 4.69) is 10.4 Å². The molecule has 0 fully saturated rings. The molecule has 2 N–H and O–H groups in total. The molecule has 0 aliphatic heterocycles. The van der Waals surface area contributed by atoms with E-state index in [1.165, 1.54) is 4.68 Å². The molecule has 7 nitrogen and oxygen atoms in total. The van der Waals surface area contributed by atoms with Crippen molar-refractivity contribution < 1.29 is 14.7 Å². The summed E-state index contributed by atoms with van der Waals surface area (Å²) in [6.07, 6.45) is 0. The van der Waals surface area contributed by atoms with Gasteiger partial charge in [-0.15, -0.1) is 0 Å². The Labute approximate surface area is 108 Å². The van der Waals surface area contributed by atoms with E-state index in [1.807, 2.05) is 0 Å². The molecule has 0 radical (unpaired) electrons. The quantitative estimate of drug-likeness (QED) is 0.770. The first kappa shape index (κ1) is 12.6. The van der Waals surface area contributed by atoms with Crippen molar-refractivity contribution in [3.05, 3.63) is 30.0 Å². The molecule has 0 unspecified atom stereocenters. The Morgan fingerprint density at radius 2 is 2.16 bits per heavy atom. The van der Waals surface area contributed by atoms with E-state index >= 15 is 0 Å². The number of hydrogen-bond donors (Lipinski definition) is 2. The first-order valence-electron chi connectivity index (χ1n) is 5.46. The van der Waals surface area contributed by atoms with Gasteiger partial charge < -0.3 is 10.4 Å². The molecule has 2 rings (SSSR count). The lowest BCUT2D eigenvalue weighted by Gasteiger charge is -2.02. The first-order valence-corrected chi connectivity index (χ1v) is 5.46. The molecular formula is C12H10N4O3. The standard InChI is InChI=1S/C12H10N4O3/c13-5-6-14-10(17)7-16-9-4-2-1-3-8(9)11(15-16)12(18)19/h1-4H,6-7H2,(H,14,17)(H,18,19). The predicted octanol–water partition coefficient (Wildman–Crippen LogP) is 0.374. The van der Waals surface area contributed by atoms with E-state index in [0.717, 1.165) is 0 Å². The highest BCUT2D eigenvalue weighted by atomic mass is 16.4. The van der Waals surface area contributed by atoms with Crippen LogP contribution in [0.25, 0.3) is 10.9 Å². The van der Waals surface area contributed by atoms with Gasteiger partial charge in [0.05, 0.1) is 11.6 Å². The Morgan fingerprint density at radius 3 is 2.84 bits per heavy atom. The van der Waals surface area contributed by atoms with Gasteiger partial charge >= 0.3 is 5.97 Å². The molecule has 1 aromatic heterocycles. The molecule has 0 saturated heterocycles. The van der Waals surface area contributed by atoms with Crippen molar-refractivity contribution >= 4 is 22.8 Å². The second-order valence-corrected chi connectivity index (χ2v) is 3.76. The lowest BCUT2D eigenvalue weighted by molar-refractivity contribution is -0.121. The highest BCUT2D eigenvalue weighted by molar-refractivity contribution is 6.01. The van der Waals surface area contributed by atoms with Gasteiger partial charge in [-0.1, -0.05) is 18.2 Å². The van der Waals surface area contributed by atoms with Gasteiger partial charge in [0.15, 0.2) is 5.69 Å². The summed E-state index contributed by atoms with van der Waals surface area (Å²) in [5.41, 5.74) is 0.468. The van der Waals surface area contributed by atoms with Crippen LogP contribution in [-0.4, -0.2) is 33.3 Å². The molecule has 19 heavy (non-hydrogen) atoms. The number of carboxylic acid groups (broad SMARTS) is 1. The highest BCUT2D eigenvalue weighted by Crippen LogP contribution is 2.18. The number of nitriles is 1. The number of nitrogens with one attached hydrogen (secondary N) is 1. The van der Waals surface area contributed by atoms with Gasteiger partial charge in [-0.05, 0) is 6.07 Å². The molecule has 7 heteroatoms. The van der Waals surface area contributed by atoms with E-state index in [0.29, 0.717) is 10.9 Å². The van der Waals surface area contributed by atoms with Crippen LogP contribution in [0.15, 0.2) is 24.3 Å². The van der Waals surface area contributed by atoms with Gasteiger partial charge in [0.25, 0.3) is 0 Å². The molecule has 0 spiro atoms. The number of fused-ring (bicyclic) bond motifs is 1. The van der Waals surface area contributed by atoms with Crippen LogP contribution in [-0.2, 0) is 11.3 Å². The molecule has 0 bridgehead atoms. The summed E-state index contributed by atoms with van der Waals surface area (Å²) in [5, 5.41) is 24.2. The minimum absolute atomic E-state index is 0.0934. The first-order chi connectivity index (χ1) is 9.13. The van der Waals surface area contributed by atoms with Crippen LogP contribution < -0.4 is 5.32 Å². The van der Waals surface area contributed by atoms with Gasteiger partial charge in [-0.25, -0.2) is 4.79 Å². The topological polar surface area (TPSA) is 108 Å². The van der Waals surface area contributed by atoms with Crippen LogP contribution in [0.5, 0.6) is 0 Å². The third-order valence-corrected chi connectivity index (χ3v) is 2.52. The number of rotatable bonds is 4. The molecular weight excluding hydrogens is 248 g/mol. The molecule has 96 valence electrons. The molecule has 1 heterocycles. The van der Waals surface area contributed by atoms with Crippen LogP contribution in [0.3, 0.4) is 0 Å². The summed E-state index contributed by atoms with van der Waals surface area (Å²) in [4.78, 5) is 22.6. The maximum atomic E-state index is 11.5. The summed E-state index contributed by atoms with van der Waals surface area (Å²) in [6.45, 7) is -0.223. The normalized spacial score (nSPS) is 10.1. The van der Waals surface area contributed by atoms with Gasteiger partial charge in [-0.3, -0.25) is 9.48 Å². The van der Waals surface area contributed by atoms with Gasteiger partial charge in [0.2, 0.25) is 5.91 Å². The summed E-state index contributed by atoms with van der Waals surface area (Å²) in [7, 11) is 0. The van der Waals surface area contributed by atoms with E-state index in [9.17, 15) is 9.59 Å². The smallest absolute Gasteiger partial charge is 0.357 e. The van der Waals surface area contributed by atoms with Gasteiger partial charge in [0.1, 0.15) is 13.1 Å². The lowest BCUT2D eigenvalue weighted by Crippen LogP contribution is -2.28. The molecule has 1 aromatic carbocycles. The van der Waals surface area contributed by atoms with Crippen molar-refractivity contribution in [1.82, 2.24) is 15.1 Å². The van der Waals surface area contributed by atoms with Crippen molar-refractivity contribution in [2.75, 3.05) is 6.54 Å². The van der Waals surface area contributed by atoms with E-state index in [4.69, 9.17) is 10.4 Å². The summed E-state index contributed by atoms with van der Waals surface area (Å²) >= 11 is 0. The van der Waals surface area contributed by atoms with Gasteiger partial charge in [-0.2, -0.15) is 10.4 Å². The predicted molar refractivity (Wildman–Crippen MR) is 65.3 cm³/mol. The summed E-state index contributed by atoms with van der Waals surface area (Å²) < 4.78 is 1.31. The fraction of sp³-hybridized carbons (Fsp3) is 0.167. The number of aromatic nitrogens is 2. The lowest BCUT2D eigenvalue weighted by atomic mass is 10.2. The van der Waals surface area contributed by atoms with Crippen LogP contribution in [0.4, 0.5) is 0 Å². The number of carbonyl (C=O) groups excluding carboxylic acids is 1. The highest BCUT2D eigenvalue weighted by Gasteiger charge is 2.16. The Bertz CT molecular complexity index is 684. The third kappa shape index (κ3) is 2.52. The Hall–Kier alpha value is -2.88. The second kappa shape index (κ2) is 5.18. The Kier molecular flexibility index (Phi) is 3.43. The number of benzene rings is 1. The third-order valence-electron chi connectivity index (χ3n) is 2.52. The van der Waals surface area contributed by atoms with Crippen molar-refractivity contribution in [3.8, 4) is 6.07 Å². The molecule has 1 amide bonds. The minimum atomic E-state index is -1.15. The van der Waals surface area contributed by atoms with Crippen molar-refractivity contribution in [2.45, 2.75) is 6.54 Å². The zero-order valence-corrected chi connectivity index (χ0v) is 9.83. The number of nitrogens with zero attached hydrogens (tertiary/aromatic N) is 3. The largest absolute Gasteiger partial charge is 0.476 e. The number of aromatic carboxylic acids is 1. The fourth-order valence-corrected chi connectivity index (χ4v) is 1.74. The average Bonchev–Trinajstić information content (AvgIpc) is 2.76. The zero-order valence-electron chi connectivity index (χ0n) is 9.83. The zero-order chi connectivity index (χ0) is 13.8. The molecule has 0 saturated carbocycles. The van der Waals surface area contributed by atoms with Crippen molar-refractivity contribution in [2.24, 2.45) is 0 Å². The number of carboxylic acids is 1. The molecule has 2 aromatic rings. The van der Waals surface area contributed by atoms with E-state index in [-0.39, 0.29) is 18.8 Å². The van der Waals surface area contributed by atoms with E-state index in [1.54, 1.807) is 30.3 Å². The fourth-order valence-electron chi connectivity index (χ4n) is 1.74. The Morgan fingerprint density at radius 1 is 1.42 bits per heavy atom. The number of para-hydroxylation sites is 1. The van der Waals surface area contributed by atoms with Crippen LogP contribution in [0, 0.1) is 11.3 Å². The number of carbonyl (C=O) groups is 2. The van der Waals surface area contributed by atoms with Crippen LogP contribution >= 0.6 is 0 Å². The molecule has 0 atom stereocenters. The molecule has 0 aliphatic carbocycles. The maximum absolute atomic E-state index is 11.5.